The third-order valence-corrected chi connectivity index (χ3v) is 4.78. The highest BCUT2D eigenvalue weighted by molar-refractivity contribution is 6.09. The summed E-state index contributed by atoms with van der Waals surface area (Å²) in [5.74, 6) is -0.526. The Morgan fingerprint density at radius 1 is 0.900 bits per heavy atom. The molecule has 2 aromatic heterocycles. The Morgan fingerprint density at radius 3 is 2.43 bits per heavy atom. The number of hydrogen-bond donors (Lipinski definition) is 2. The van der Waals surface area contributed by atoms with Crippen molar-refractivity contribution in [1.82, 2.24) is 14.7 Å². The molecule has 4 aromatic rings. The predicted molar refractivity (Wildman–Crippen MR) is 117 cm³/mol. The van der Waals surface area contributed by atoms with Crippen LogP contribution in [0.25, 0.3) is 5.52 Å². The molecule has 6 nitrogen and oxygen atoms in total. The predicted octanol–water partition coefficient (Wildman–Crippen LogP) is 4.13. The standard InChI is InChI=1S/C24H22N4O2/c1-16-7-5-9-18(13-16)15-25-24(30)22-27-21(20-11-3-4-12-28(20)22)23(29)26-19-10-6-8-17(2)14-19/h3-14H,15H2,1-2H3,(H,25,30)(H,26,29). The summed E-state index contributed by atoms with van der Waals surface area (Å²) in [6.45, 7) is 4.35. The number of aryl methyl sites for hydroxylation is 2. The Bertz CT molecular complexity index is 1240. The van der Waals surface area contributed by atoms with Gasteiger partial charge >= 0.3 is 0 Å². The molecule has 6 heteroatoms. The summed E-state index contributed by atoms with van der Waals surface area (Å²) in [4.78, 5) is 30.1. The van der Waals surface area contributed by atoms with E-state index in [1.165, 1.54) is 0 Å². The van der Waals surface area contributed by atoms with Crippen LogP contribution >= 0.6 is 0 Å². The molecule has 2 N–H and O–H groups in total. The number of amides is 2. The van der Waals surface area contributed by atoms with Gasteiger partial charge in [-0.05, 0) is 49.2 Å². The number of aromatic nitrogens is 2. The fourth-order valence-corrected chi connectivity index (χ4v) is 3.36. The Kier molecular flexibility index (Phi) is 5.30. The number of carbonyl (C=O) groups excluding carboxylic acids is 2. The van der Waals surface area contributed by atoms with Crippen molar-refractivity contribution in [2.45, 2.75) is 20.4 Å². The first kappa shape index (κ1) is 19.4. The second-order valence-corrected chi connectivity index (χ2v) is 7.24. The molecule has 0 fully saturated rings. The van der Waals surface area contributed by atoms with Crippen LogP contribution in [-0.4, -0.2) is 21.2 Å². The van der Waals surface area contributed by atoms with Crippen molar-refractivity contribution in [3.05, 3.63) is 101 Å². The largest absolute Gasteiger partial charge is 0.345 e. The quantitative estimate of drug-likeness (QED) is 0.531. The topological polar surface area (TPSA) is 75.5 Å². The van der Waals surface area contributed by atoms with Crippen LogP contribution in [0.2, 0.25) is 0 Å². The van der Waals surface area contributed by atoms with Crippen LogP contribution in [0.1, 0.15) is 37.8 Å². The minimum absolute atomic E-state index is 0.174. The van der Waals surface area contributed by atoms with Gasteiger partial charge in [0.15, 0.2) is 5.69 Å². The van der Waals surface area contributed by atoms with Crippen molar-refractivity contribution >= 4 is 23.0 Å². The van der Waals surface area contributed by atoms with Gasteiger partial charge in [0.2, 0.25) is 5.82 Å². The second kappa shape index (κ2) is 8.21. The molecule has 30 heavy (non-hydrogen) atoms. The number of pyridine rings is 1. The summed E-state index contributed by atoms with van der Waals surface area (Å²) >= 11 is 0. The number of nitrogens with one attached hydrogen (secondary N) is 2. The van der Waals surface area contributed by atoms with Gasteiger partial charge in [-0.3, -0.25) is 14.0 Å². The maximum Gasteiger partial charge on any atom is 0.287 e. The van der Waals surface area contributed by atoms with E-state index in [4.69, 9.17) is 0 Å². The number of carbonyl (C=O) groups is 2. The maximum atomic E-state index is 12.9. The van der Waals surface area contributed by atoms with Gasteiger partial charge in [-0.2, -0.15) is 0 Å². The van der Waals surface area contributed by atoms with E-state index in [0.29, 0.717) is 17.7 Å². The third-order valence-electron chi connectivity index (χ3n) is 4.78. The van der Waals surface area contributed by atoms with Crippen molar-refractivity contribution in [2.75, 3.05) is 5.32 Å². The van der Waals surface area contributed by atoms with Crippen molar-refractivity contribution in [1.29, 1.82) is 0 Å². The molecule has 0 spiro atoms. The second-order valence-electron chi connectivity index (χ2n) is 7.24. The van der Waals surface area contributed by atoms with E-state index in [0.717, 1.165) is 16.7 Å². The van der Waals surface area contributed by atoms with Crippen LogP contribution < -0.4 is 10.6 Å². The number of nitrogens with zero attached hydrogens (tertiary/aromatic N) is 2. The molecule has 150 valence electrons. The first-order valence-corrected chi connectivity index (χ1v) is 9.70. The lowest BCUT2D eigenvalue weighted by molar-refractivity contribution is 0.0940. The monoisotopic (exact) mass is 398 g/mol. The lowest BCUT2D eigenvalue weighted by atomic mass is 10.1. The zero-order valence-corrected chi connectivity index (χ0v) is 16.8. The van der Waals surface area contributed by atoms with Crippen LogP contribution in [0, 0.1) is 13.8 Å². The molecule has 0 aliphatic heterocycles. The fourth-order valence-electron chi connectivity index (χ4n) is 3.36. The van der Waals surface area contributed by atoms with E-state index in [9.17, 15) is 9.59 Å². The Balaban J connectivity index is 1.60. The molecule has 0 aliphatic carbocycles. The highest BCUT2D eigenvalue weighted by Gasteiger charge is 2.21. The first-order chi connectivity index (χ1) is 14.5. The molecule has 2 aromatic carbocycles. The molecular weight excluding hydrogens is 376 g/mol. The summed E-state index contributed by atoms with van der Waals surface area (Å²) in [7, 11) is 0. The molecule has 0 saturated carbocycles. The lowest BCUT2D eigenvalue weighted by Crippen LogP contribution is -2.25. The van der Waals surface area contributed by atoms with Gasteiger partial charge in [-0.1, -0.05) is 48.0 Å². The van der Waals surface area contributed by atoms with Crippen LogP contribution in [0.3, 0.4) is 0 Å². The molecule has 0 radical (unpaired) electrons. The van der Waals surface area contributed by atoms with Gasteiger partial charge in [-0.25, -0.2) is 4.98 Å². The summed E-state index contributed by atoms with van der Waals surface area (Å²) < 4.78 is 1.64. The average molecular weight is 398 g/mol. The summed E-state index contributed by atoms with van der Waals surface area (Å²) in [6, 6.07) is 20.9. The van der Waals surface area contributed by atoms with Crippen LogP contribution in [0.15, 0.2) is 72.9 Å². The fraction of sp³-hybridized carbons (Fsp3) is 0.125. The van der Waals surface area contributed by atoms with Crippen LogP contribution in [-0.2, 0) is 6.54 Å². The van der Waals surface area contributed by atoms with E-state index < -0.39 is 0 Å². The molecule has 0 saturated heterocycles. The Morgan fingerprint density at radius 2 is 1.67 bits per heavy atom. The van der Waals surface area contributed by atoms with Gasteiger partial charge in [0.25, 0.3) is 11.8 Å². The zero-order valence-electron chi connectivity index (χ0n) is 16.8. The van der Waals surface area contributed by atoms with E-state index in [1.807, 2.05) is 68.4 Å². The third kappa shape index (κ3) is 4.07. The molecule has 0 aliphatic rings. The SMILES string of the molecule is Cc1cccc(CNC(=O)c2nc(C(=O)Nc3cccc(C)c3)c3ccccn23)c1. The normalized spacial score (nSPS) is 10.7. The smallest absolute Gasteiger partial charge is 0.287 e. The highest BCUT2D eigenvalue weighted by atomic mass is 16.2. The summed E-state index contributed by atoms with van der Waals surface area (Å²) in [6.07, 6.45) is 1.73. The Labute approximate surface area is 174 Å². The van der Waals surface area contributed by atoms with Crippen molar-refractivity contribution in [2.24, 2.45) is 0 Å². The van der Waals surface area contributed by atoms with Crippen molar-refractivity contribution in [3.63, 3.8) is 0 Å². The number of benzene rings is 2. The van der Waals surface area contributed by atoms with Gasteiger partial charge in [0.1, 0.15) is 0 Å². The number of imidazole rings is 1. The van der Waals surface area contributed by atoms with Gasteiger partial charge in [0.05, 0.1) is 5.52 Å². The molecule has 4 rings (SSSR count). The minimum Gasteiger partial charge on any atom is -0.345 e. The van der Waals surface area contributed by atoms with E-state index in [1.54, 1.807) is 22.7 Å². The molecule has 0 unspecified atom stereocenters. The average Bonchev–Trinajstić information content (AvgIpc) is 3.12. The zero-order chi connectivity index (χ0) is 21.1. The minimum atomic E-state index is -0.359. The number of fused-ring (bicyclic) bond motifs is 1. The van der Waals surface area contributed by atoms with Gasteiger partial charge in [0, 0.05) is 18.4 Å². The molecule has 2 heterocycles. The first-order valence-electron chi connectivity index (χ1n) is 9.70. The summed E-state index contributed by atoms with van der Waals surface area (Å²) in [5, 5.41) is 5.75. The molecule has 0 bridgehead atoms. The van der Waals surface area contributed by atoms with E-state index >= 15 is 0 Å². The number of hydrogen-bond acceptors (Lipinski definition) is 3. The lowest BCUT2D eigenvalue weighted by Gasteiger charge is -2.05. The number of rotatable bonds is 5. The van der Waals surface area contributed by atoms with E-state index in [2.05, 4.69) is 15.6 Å². The molecule has 2 amide bonds. The Hall–Kier alpha value is -3.93. The highest BCUT2D eigenvalue weighted by Crippen LogP contribution is 2.17. The van der Waals surface area contributed by atoms with Gasteiger partial charge < -0.3 is 10.6 Å². The van der Waals surface area contributed by atoms with Gasteiger partial charge in [-0.15, -0.1) is 0 Å². The van der Waals surface area contributed by atoms with Crippen LogP contribution in [0.5, 0.6) is 0 Å². The molecule has 0 atom stereocenters. The van der Waals surface area contributed by atoms with Crippen molar-refractivity contribution < 1.29 is 9.59 Å². The number of anilines is 1. The maximum absolute atomic E-state index is 12.9. The van der Waals surface area contributed by atoms with Crippen LogP contribution in [0.4, 0.5) is 5.69 Å². The van der Waals surface area contributed by atoms with Crippen molar-refractivity contribution in [3.8, 4) is 0 Å². The molecular formula is C24H22N4O2. The van der Waals surface area contributed by atoms with E-state index in [-0.39, 0.29) is 23.3 Å². The summed E-state index contributed by atoms with van der Waals surface area (Å²) in [5.41, 5.74) is 4.63.